The third-order valence-electron chi connectivity index (χ3n) is 8.28. The van der Waals surface area contributed by atoms with Gasteiger partial charge in [-0.2, -0.15) is 0 Å². The van der Waals surface area contributed by atoms with E-state index in [1.807, 2.05) is 0 Å². The van der Waals surface area contributed by atoms with E-state index in [1.54, 1.807) is 0 Å². The fraction of sp³-hybridized carbons (Fsp3) is 0.972. The van der Waals surface area contributed by atoms with E-state index in [0.29, 0.717) is 6.42 Å². The van der Waals surface area contributed by atoms with Gasteiger partial charge in [-0.3, -0.25) is 4.79 Å². The smallest absolute Gasteiger partial charge is 0.306 e. The first kappa shape index (κ1) is 37.5. The Kier molecular flexibility index (Phi) is 32.2. The van der Waals surface area contributed by atoms with Gasteiger partial charge in [-0.15, -0.1) is 0 Å². The van der Waals surface area contributed by atoms with Gasteiger partial charge >= 0.3 is 5.97 Å². The highest BCUT2D eigenvalue weighted by Gasteiger charge is 2.09. The highest BCUT2D eigenvalue weighted by atomic mass is 16.5. The first-order valence-corrected chi connectivity index (χ1v) is 17.9. The molecule has 0 aromatic rings. The molecule has 0 fully saturated rings. The normalized spacial score (nSPS) is 12.2. The molecule has 1 atom stereocenters. The SMILES string of the molecule is CCCCCCCCCCCCCCCCCC(=O)OC(C)CCCCCCCCCCCCCCCC. The van der Waals surface area contributed by atoms with Crippen LogP contribution in [0.25, 0.3) is 0 Å². The molecule has 0 amide bonds. The summed E-state index contributed by atoms with van der Waals surface area (Å²) in [6.45, 7) is 6.65. The van der Waals surface area contributed by atoms with E-state index in [4.69, 9.17) is 4.74 Å². The third-order valence-corrected chi connectivity index (χ3v) is 8.28. The first-order chi connectivity index (χ1) is 18.7. The molecule has 0 aliphatic heterocycles. The van der Waals surface area contributed by atoms with Crippen molar-refractivity contribution in [1.82, 2.24) is 0 Å². The van der Waals surface area contributed by atoms with Crippen LogP contribution in [0.2, 0.25) is 0 Å². The number of ether oxygens (including phenoxy) is 1. The topological polar surface area (TPSA) is 26.3 Å². The van der Waals surface area contributed by atoms with Gasteiger partial charge in [-0.25, -0.2) is 0 Å². The monoisotopic (exact) mass is 537 g/mol. The summed E-state index contributed by atoms with van der Waals surface area (Å²) >= 11 is 0. The second kappa shape index (κ2) is 32.7. The van der Waals surface area contributed by atoms with E-state index in [0.717, 1.165) is 12.8 Å². The molecule has 0 aromatic heterocycles. The van der Waals surface area contributed by atoms with Gasteiger partial charge in [-0.05, 0) is 26.2 Å². The summed E-state index contributed by atoms with van der Waals surface area (Å²) in [6, 6.07) is 0. The molecule has 0 aliphatic rings. The fourth-order valence-corrected chi connectivity index (χ4v) is 5.61. The molecular formula is C36H72O2. The van der Waals surface area contributed by atoms with Crippen LogP contribution in [0.4, 0.5) is 0 Å². The number of hydrogen-bond acceptors (Lipinski definition) is 2. The second-order valence-electron chi connectivity index (χ2n) is 12.4. The Labute approximate surface area is 241 Å². The lowest BCUT2D eigenvalue weighted by Gasteiger charge is -2.13. The summed E-state index contributed by atoms with van der Waals surface area (Å²) in [4.78, 5) is 12.1. The zero-order valence-corrected chi connectivity index (χ0v) is 26.8. The van der Waals surface area contributed by atoms with Crippen molar-refractivity contribution in [2.75, 3.05) is 0 Å². The minimum absolute atomic E-state index is 0.0255. The third kappa shape index (κ3) is 31.7. The maximum Gasteiger partial charge on any atom is 0.306 e. The highest BCUT2D eigenvalue weighted by molar-refractivity contribution is 5.69. The molecule has 0 aromatic carbocycles. The maximum atomic E-state index is 12.1. The van der Waals surface area contributed by atoms with Gasteiger partial charge < -0.3 is 4.74 Å². The van der Waals surface area contributed by atoms with Gasteiger partial charge in [0.25, 0.3) is 0 Å². The fourth-order valence-electron chi connectivity index (χ4n) is 5.61. The van der Waals surface area contributed by atoms with Crippen molar-refractivity contribution in [3.05, 3.63) is 0 Å². The Balaban J connectivity index is 3.27. The van der Waals surface area contributed by atoms with E-state index in [9.17, 15) is 4.79 Å². The second-order valence-corrected chi connectivity index (χ2v) is 12.4. The largest absolute Gasteiger partial charge is 0.463 e. The summed E-state index contributed by atoms with van der Waals surface area (Å²) in [5, 5.41) is 0. The molecule has 0 saturated carbocycles. The Hall–Kier alpha value is -0.530. The molecule has 0 saturated heterocycles. The van der Waals surface area contributed by atoms with Gasteiger partial charge in [-0.1, -0.05) is 187 Å². The quantitative estimate of drug-likeness (QED) is 0.0631. The van der Waals surface area contributed by atoms with Gasteiger partial charge in [0.1, 0.15) is 0 Å². The average Bonchev–Trinajstić information content (AvgIpc) is 2.91. The molecule has 0 heterocycles. The zero-order valence-electron chi connectivity index (χ0n) is 26.8. The van der Waals surface area contributed by atoms with Crippen LogP contribution in [0, 0.1) is 0 Å². The molecule has 38 heavy (non-hydrogen) atoms. The predicted octanol–water partition coefficient (Wildman–Crippen LogP) is 13.1. The van der Waals surface area contributed by atoms with E-state index in [-0.39, 0.29) is 12.1 Å². The summed E-state index contributed by atoms with van der Waals surface area (Å²) in [6.07, 6.45) is 41.6. The Morgan fingerprint density at radius 1 is 0.421 bits per heavy atom. The van der Waals surface area contributed by atoms with Crippen molar-refractivity contribution in [1.29, 1.82) is 0 Å². The molecular weight excluding hydrogens is 464 g/mol. The van der Waals surface area contributed by atoms with Crippen molar-refractivity contribution >= 4 is 5.97 Å². The van der Waals surface area contributed by atoms with Crippen molar-refractivity contribution in [3.8, 4) is 0 Å². The Bertz CT molecular complexity index is 447. The van der Waals surface area contributed by atoms with Crippen LogP contribution < -0.4 is 0 Å². The summed E-state index contributed by atoms with van der Waals surface area (Å²) < 4.78 is 5.64. The molecule has 2 heteroatoms. The van der Waals surface area contributed by atoms with Crippen molar-refractivity contribution in [2.45, 2.75) is 226 Å². The van der Waals surface area contributed by atoms with Crippen LogP contribution in [0.15, 0.2) is 0 Å². The van der Waals surface area contributed by atoms with E-state index < -0.39 is 0 Å². The zero-order chi connectivity index (χ0) is 27.8. The number of carbonyl (C=O) groups is 1. The summed E-state index contributed by atoms with van der Waals surface area (Å²) in [5.74, 6) is 0.0255. The number of carbonyl (C=O) groups excluding carboxylic acids is 1. The molecule has 0 radical (unpaired) electrons. The molecule has 1 unspecified atom stereocenters. The van der Waals surface area contributed by atoms with Crippen LogP contribution in [-0.4, -0.2) is 12.1 Å². The lowest BCUT2D eigenvalue weighted by atomic mass is 10.0. The molecule has 0 N–H and O–H groups in total. The molecule has 2 nitrogen and oxygen atoms in total. The standard InChI is InChI=1S/C36H72O2/c1-4-6-8-10-12-14-16-18-20-22-24-26-28-30-32-34-36(37)38-35(3)33-31-29-27-25-23-21-19-17-15-13-11-9-7-5-2/h35H,4-34H2,1-3H3. The number of unbranched alkanes of at least 4 members (excludes halogenated alkanes) is 27. The van der Waals surface area contributed by atoms with Gasteiger partial charge in [0, 0.05) is 6.42 Å². The molecule has 0 aliphatic carbocycles. The minimum atomic E-state index is 0.0255. The van der Waals surface area contributed by atoms with Crippen LogP contribution in [0.3, 0.4) is 0 Å². The van der Waals surface area contributed by atoms with Crippen LogP contribution in [0.1, 0.15) is 220 Å². The number of esters is 1. The van der Waals surface area contributed by atoms with E-state index in [2.05, 4.69) is 20.8 Å². The average molecular weight is 537 g/mol. The molecule has 0 spiro atoms. The van der Waals surface area contributed by atoms with E-state index in [1.165, 1.54) is 180 Å². The first-order valence-electron chi connectivity index (χ1n) is 17.9. The van der Waals surface area contributed by atoms with Crippen molar-refractivity contribution in [2.24, 2.45) is 0 Å². The Morgan fingerprint density at radius 2 is 0.684 bits per heavy atom. The van der Waals surface area contributed by atoms with Crippen molar-refractivity contribution < 1.29 is 9.53 Å². The van der Waals surface area contributed by atoms with Gasteiger partial charge in [0.05, 0.1) is 6.10 Å². The molecule has 228 valence electrons. The summed E-state index contributed by atoms with van der Waals surface area (Å²) in [5.41, 5.74) is 0. The maximum absolute atomic E-state index is 12.1. The number of rotatable bonds is 32. The highest BCUT2D eigenvalue weighted by Crippen LogP contribution is 2.16. The molecule has 0 rings (SSSR count). The van der Waals surface area contributed by atoms with E-state index >= 15 is 0 Å². The van der Waals surface area contributed by atoms with Gasteiger partial charge in [0.2, 0.25) is 0 Å². The lowest BCUT2D eigenvalue weighted by Crippen LogP contribution is -2.14. The minimum Gasteiger partial charge on any atom is -0.463 e. The molecule has 0 bridgehead atoms. The van der Waals surface area contributed by atoms with Crippen molar-refractivity contribution in [3.63, 3.8) is 0 Å². The summed E-state index contributed by atoms with van der Waals surface area (Å²) in [7, 11) is 0. The van der Waals surface area contributed by atoms with Crippen LogP contribution in [-0.2, 0) is 9.53 Å². The lowest BCUT2D eigenvalue weighted by molar-refractivity contribution is -0.148. The van der Waals surface area contributed by atoms with Crippen LogP contribution >= 0.6 is 0 Å². The van der Waals surface area contributed by atoms with Crippen LogP contribution in [0.5, 0.6) is 0 Å². The Morgan fingerprint density at radius 3 is 1.00 bits per heavy atom. The predicted molar refractivity (Wildman–Crippen MR) is 170 cm³/mol. The number of hydrogen-bond donors (Lipinski definition) is 0. The van der Waals surface area contributed by atoms with Gasteiger partial charge in [0.15, 0.2) is 0 Å².